The molecule has 0 radical (unpaired) electrons. The highest BCUT2D eigenvalue weighted by molar-refractivity contribution is 7.21. The Balaban J connectivity index is 1.18. The number of nitrogens with zero attached hydrogens (tertiary/aromatic N) is 5. The van der Waals surface area contributed by atoms with E-state index in [4.69, 9.17) is 24.1 Å². The van der Waals surface area contributed by atoms with Crippen molar-refractivity contribution in [1.29, 1.82) is 0 Å². The number of aromatic nitrogens is 5. The third-order valence-corrected chi connectivity index (χ3v) is 6.71. The van der Waals surface area contributed by atoms with Crippen molar-refractivity contribution >= 4 is 44.5 Å². The first-order valence-corrected chi connectivity index (χ1v) is 13.4. The fraction of sp³-hybridized carbons (Fsp3) is 0.259. The van der Waals surface area contributed by atoms with E-state index in [1.54, 1.807) is 0 Å². The third-order valence-electron chi connectivity index (χ3n) is 5.71. The third kappa shape index (κ3) is 7.15. The number of aryl methyl sites for hydroxylation is 1. The van der Waals surface area contributed by atoms with E-state index in [0.29, 0.717) is 32.3 Å². The number of ether oxygens (including phenoxy) is 4. The number of alkyl halides is 2. The summed E-state index contributed by atoms with van der Waals surface area (Å²) in [5.41, 5.74) is 3.43. The van der Waals surface area contributed by atoms with Crippen molar-refractivity contribution in [3.63, 3.8) is 0 Å². The largest absolute Gasteiger partial charge is 0.480 e. The van der Waals surface area contributed by atoms with Crippen LogP contribution in [0.3, 0.4) is 0 Å². The number of aliphatic hydroxyl groups is 1. The van der Waals surface area contributed by atoms with Gasteiger partial charge in [-0.05, 0) is 30.7 Å². The van der Waals surface area contributed by atoms with Gasteiger partial charge in [0.15, 0.2) is 12.4 Å². The van der Waals surface area contributed by atoms with Crippen LogP contribution in [0.5, 0.6) is 17.6 Å². The second-order valence-electron chi connectivity index (χ2n) is 9.01. The molecule has 0 saturated carbocycles. The maximum Gasteiger partial charge on any atom is 0.411 e. The van der Waals surface area contributed by atoms with Crippen LogP contribution in [-0.2, 0) is 4.74 Å². The first-order valence-electron chi connectivity index (χ1n) is 12.6. The van der Waals surface area contributed by atoms with Crippen molar-refractivity contribution in [2.75, 3.05) is 38.9 Å². The number of methoxy groups -OCH3 is 1. The number of benzene rings is 1. The van der Waals surface area contributed by atoms with Gasteiger partial charge in [-0.3, -0.25) is 5.32 Å². The van der Waals surface area contributed by atoms with Crippen LogP contribution in [0.4, 0.5) is 23.7 Å². The van der Waals surface area contributed by atoms with Crippen LogP contribution < -0.4 is 19.5 Å². The van der Waals surface area contributed by atoms with Gasteiger partial charge < -0.3 is 24.1 Å². The topological polar surface area (TPSA) is 151 Å². The molecular weight excluding hydrogens is 593 g/mol. The minimum absolute atomic E-state index is 0.124. The molecule has 0 spiro atoms. The maximum absolute atomic E-state index is 14.7. The van der Waals surface area contributed by atoms with Crippen LogP contribution in [0, 0.1) is 12.7 Å². The number of halogens is 3. The summed E-state index contributed by atoms with van der Waals surface area (Å²) in [6.45, 7) is -0.921. The van der Waals surface area contributed by atoms with Crippen molar-refractivity contribution < 1.29 is 42.0 Å². The van der Waals surface area contributed by atoms with Gasteiger partial charge in [0, 0.05) is 17.7 Å². The Morgan fingerprint density at radius 3 is 2.60 bits per heavy atom. The lowest BCUT2D eigenvalue weighted by Crippen LogP contribution is -2.29. The normalized spacial score (nSPS) is 11.5. The quantitative estimate of drug-likeness (QED) is 0.197. The minimum atomic E-state index is -3.40. The predicted octanol–water partition coefficient (Wildman–Crippen LogP) is 4.79. The van der Waals surface area contributed by atoms with E-state index in [-0.39, 0.29) is 30.7 Å². The Hall–Kier alpha value is -4.83. The molecule has 5 rings (SSSR count). The summed E-state index contributed by atoms with van der Waals surface area (Å²) in [6.07, 6.45) is 1.83. The molecular formula is C27H23F3N6O6S. The molecule has 0 saturated heterocycles. The highest BCUT2D eigenvalue weighted by Crippen LogP contribution is 2.35. The van der Waals surface area contributed by atoms with Gasteiger partial charge in [0.1, 0.15) is 35.2 Å². The number of anilines is 1. The number of aliphatic hydroxyl groups excluding tert-OH is 1. The number of carbonyl (C=O) groups is 1. The molecule has 1 amide bonds. The molecule has 0 unspecified atom stereocenters. The monoisotopic (exact) mass is 616 g/mol. The van der Waals surface area contributed by atoms with Gasteiger partial charge in [0.25, 0.3) is 5.88 Å². The summed E-state index contributed by atoms with van der Waals surface area (Å²) < 4.78 is 61.2. The molecule has 0 aliphatic carbocycles. The Morgan fingerprint density at radius 1 is 1.02 bits per heavy atom. The molecule has 224 valence electrons. The summed E-state index contributed by atoms with van der Waals surface area (Å²) in [5.74, 6) is -4.17. The van der Waals surface area contributed by atoms with Crippen LogP contribution in [0.25, 0.3) is 32.0 Å². The molecule has 0 fully saturated rings. The van der Waals surface area contributed by atoms with Gasteiger partial charge >= 0.3 is 12.0 Å². The van der Waals surface area contributed by atoms with Crippen LogP contribution in [0.2, 0.25) is 0 Å². The molecule has 0 aliphatic rings. The van der Waals surface area contributed by atoms with E-state index in [2.05, 4.69) is 30.2 Å². The number of rotatable bonds is 11. The molecule has 4 aromatic heterocycles. The zero-order chi connectivity index (χ0) is 30.6. The summed E-state index contributed by atoms with van der Waals surface area (Å²) >= 11 is 1.23. The Kier molecular flexibility index (Phi) is 8.68. The van der Waals surface area contributed by atoms with Crippen molar-refractivity contribution in [2.45, 2.75) is 12.8 Å². The number of nitrogens with one attached hydrogen (secondary N) is 1. The van der Waals surface area contributed by atoms with E-state index in [9.17, 15) is 18.0 Å². The number of hydrogen-bond acceptors (Lipinski definition) is 12. The Morgan fingerprint density at radius 2 is 1.86 bits per heavy atom. The standard InChI is InChI=1S/C27H23F3N6O6S/c1-14-7-16(22-18(8-14)34-21(39-2)11-32-22)24-35-19-9-17(28)23(36-25(19)43-24)40-5-6-41-26(38)33-15-3-4-20(31-10-15)42-13-27(29,30)12-37/h3-4,7-11,37H,5-6,12-13H2,1-2H3,(H,33,38). The molecule has 16 heteroatoms. The molecule has 0 aliphatic heterocycles. The van der Waals surface area contributed by atoms with Gasteiger partial charge in [-0.1, -0.05) is 11.3 Å². The molecule has 12 nitrogen and oxygen atoms in total. The SMILES string of the molecule is COc1cnc2c(-c3nc4cc(F)c(OCCOC(=O)Nc5ccc(OCC(F)(F)CO)nc5)nc4s3)cc(C)cc2n1. The fourth-order valence-electron chi connectivity index (χ4n) is 3.74. The van der Waals surface area contributed by atoms with Crippen LogP contribution in [-0.4, -0.2) is 75.6 Å². The van der Waals surface area contributed by atoms with Crippen molar-refractivity contribution in [2.24, 2.45) is 0 Å². The molecule has 5 aromatic rings. The van der Waals surface area contributed by atoms with Crippen LogP contribution in [0.15, 0.2) is 42.7 Å². The number of thiazole rings is 1. The predicted molar refractivity (Wildman–Crippen MR) is 149 cm³/mol. The summed E-state index contributed by atoms with van der Waals surface area (Å²) in [6, 6.07) is 7.62. The first-order chi connectivity index (χ1) is 20.6. The maximum atomic E-state index is 14.7. The summed E-state index contributed by atoms with van der Waals surface area (Å²) in [4.78, 5) is 33.9. The Labute approximate surface area is 245 Å². The first kappa shape index (κ1) is 29.7. The zero-order valence-electron chi connectivity index (χ0n) is 22.6. The molecule has 0 bridgehead atoms. The van der Waals surface area contributed by atoms with Gasteiger partial charge in [-0.25, -0.2) is 37.9 Å². The lowest BCUT2D eigenvalue weighted by atomic mass is 10.1. The molecule has 2 N–H and O–H groups in total. The lowest BCUT2D eigenvalue weighted by molar-refractivity contribution is -0.0809. The number of carbonyl (C=O) groups excluding carboxylic acids is 1. The van der Waals surface area contributed by atoms with E-state index >= 15 is 0 Å². The van der Waals surface area contributed by atoms with Gasteiger partial charge in [0.05, 0.1) is 36.2 Å². The zero-order valence-corrected chi connectivity index (χ0v) is 23.5. The van der Waals surface area contributed by atoms with Crippen molar-refractivity contribution in [3.8, 4) is 28.2 Å². The van der Waals surface area contributed by atoms with Crippen molar-refractivity contribution in [3.05, 3.63) is 54.1 Å². The number of hydrogen-bond donors (Lipinski definition) is 2. The average Bonchev–Trinajstić information content (AvgIpc) is 3.40. The number of amides is 1. The average molecular weight is 617 g/mol. The number of fused-ring (bicyclic) bond motifs is 2. The molecule has 1 aromatic carbocycles. The Bertz CT molecular complexity index is 1770. The van der Waals surface area contributed by atoms with E-state index in [1.807, 2.05) is 19.1 Å². The van der Waals surface area contributed by atoms with E-state index in [1.165, 1.54) is 49.0 Å². The lowest BCUT2D eigenvalue weighted by Gasteiger charge is -2.13. The fourth-order valence-corrected chi connectivity index (χ4v) is 4.67. The second-order valence-corrected chi connectivity index (χ2v) is 9.99. The van der Waals surface area contributed by atoms with E-state index < -0.39 is 31.0 Å². The molecule has 43 heavy (non-hydrogen) atoms. The van der Waals surface area contributed by atoms with Crippen molar-refractivity contribution in [1.82, 2.24) is 24.9 Å². The van der Waals surface area contributed by atoms with Gasteiger partial charge in [-0.2, -0.15) is 4.98 Å². The van der Waals surface area contributed by atoms with Gasteiger partial charge in [0.2, 0.25) is 11.8 Å². The van der Waals surface area contributed by atoms with Crippen LogP contribution in [0.1, 0.15) is 5.56 Å². The van der Waals surface area contributed by atoms with Gasteiger partial charge in [-0.15, -0.1) is 0 Å². The highest BCUT2D eigenvalue weighted by Gasteiger charge is 2.29. The van der Waals surface area contributed by atoms with Crippen LogP contribution >= 0.6 is 11.3 Å². The number of pyridine rings is 2. The van der Waals surface area contributed by atoms with E-state index in [0.717, 1.165) is 11.1 Å². The smallest absolute Gasteiger partial charge is 0.411 e. The summed E-state index contributed by atoms with van der Waals surface area (Å²) in [7, 11) is 1.51. The second kappa shape index (κ2) is 12.6. The minimum Gasteiger partial charge on any atom is -0.480 e. The molecule has 4 heterocycles. The highest BCUT2D eigenvalue weighted by atomic mass is 32.1. The molecule has 0 atom stereocenters. The summed E-state index contributed by atoms with van der Waals surface area (Å²) in [5, 5.41) is 11.5.